The summed E-state index contributed by atoms with van der Waals surface area (Å²) in [6, 6.07) is 1.94. The Morgan fingerprint density at radius 1 is 1.36 bits per heavy atom. The van der Waals surface area contributed by atoms with Crippen molar-refractivity contribution in [1.82, 2.24) is 9.88 Å². The predicted molar refractivity (Wildman–Crippen MR) is 85.3 cm³/mol. The van der Waals surface area contributed by atoms with Crippen LogP contribution >= 0.6 is 11.3 Å². The van der Waals surface area contributed by atoms with Crippen LogP contribution < -0.4 is 0 Å². The third-order valence-corrected chi connectivity index (χ3v) is 5.64. The molecule has 3 heterocycles. The van der Waals surface area contributed by atoms with Crippen LogP contribution in [0.3, 0.4) is 0 Å². The highest BCUT2D eigenvalue weighted by Gasteiger charge is 2.38. The number of carbonyl (C=O) groups is 2. The molecule has 1 fully saturated rings. The molecule has 5 nitrogen and oxygen atoms in total. The van der Waals surface area contributed by atoms with Crippen molar-refractivity contribution in [3.05, 3.63) is 28.3 Å². The molecule has 1 N–H and O–H groups in total. The normalized spacial score (nSPS) is 21.5. The minimum Gasteiger partial charge on any atom is -0.481 e. The molecule has 2 atom stereocenters. The van der Waals surface area contributed by atoms with Crippen molar-refractivity contribution in [2.24, 2.45) is 11.8 Å². The summed E-state index contributed by atoms with van der Waals surface area (Å²) in [6.07, 6.45) is 1.75. The first-order valence-electron chi connectivity index (χ1n) is 7.27. The van der Waals surface area contributed by atoms with E-state index in [1.165, 1.54) is 11.3 Å². The number of carboxylic acid groups (broad SMARTS) is 1. The lowest BCUT2D eigenvalue weighted by molar-refractivity contribution is -0.142. The largest absolute Gasteiger partial charge is 0.481 e. The standard InChI is InChI=1S/C16H18N2O3S/c1-8-4-5-17-14-12(8)10(3)13(22-14)15(19)18-6-9(2)11(7-18)16(20)21/h4-5,9,11H,6-7H2,1-3H3,(H,20,21)/t9-,11-/m1/s1. The van der Waals surface area contributed by atoms with Gasteiger partial charge < -0.3 is 10.0 Å². The molecule has 0 aromatic carbocycles. The quantitative estimate of drug-likeness (QED) is 0.924. The number of carbonyl (C=O) groups excluding carboxylic acids is 1. The van der Waals surface area contributed by atoms with E-state index in [1.807, 2.05) is 26.8 Å². The first kappa shape index (κ1) is 15.0. The molecule has 0 bridgehead atoms. The van der Waals surface area contributed by atoms with Crippen LogP contribution in [0.4, 0.5) is 0 Å². The smallest absolute Gasteiger partial charge is 0.308 e. The van der Waals surface area contributed by atoms with Gasteiger partial charge in [0.2, 0.25) is 0 Å². The number of aromatic nitrogens is 1. The van der Waals surface area contributed by atoms with Gasteiger partial charge in [0.05, 0.1) is 10.8 Å². The lowest BCUT2D eigenvalue weighted by Gasteiger charge is -2.15. The molecule has 0 unspecified atom stereocenters. The number of pyridine rings is 1. The molecule has 0 aliphatic carbocycles. The highest BCUT2D eigenvalue weighted by atomic mass is 32.1. The minimum atomic E-state index is -0.826. The van der Waals surface area contributed by atoms with Crippen molar-refractivity contribution in [2.45, 2.75) is 20.8 Å². The van der Waals surface area contributed by atoms with Crippen LogP contribution in [-0.4, -0.2) is 40.0 Å². The van der Waals surface area contributed by atoms with E-state index in [0.717, 1.165) is 21.3 Å². The topological polar surface area (TPSA) is 70.5 Å². The Morgan fingerprint density at radius 3 is 2.68 bits per heavy atom. The summed E-state index contributed by atoms with van der Waals surface area (Å²) in [5.74, 6) is -1.39. The predicted octanol–water partition coefficient (Wildman–Crippen LogP) is 2.71. The molecule has 116 valence electrons. The zero-order valence-corrected chi connectivity index (χ0v) is 13.6. The fraction of sp³-hybridized carbons (Fsp3) is 0.438. The highest BCUT2D eigenvalue weighted by Crippen LogP contribution is 2.34. The average molecular weight is 318 g/mol. The van der Waals surface area contributed by atoms with Gasteiger partial charge in [-0.25, -0.2) is 4.98 Å². The number of carboxylic acids is 1. The molecule has 0 radical (unpaired) electrons. The number of hydrogen-bond donors (Lipinski definition) is 1. The molecule has 2 aromatic rings. The number of hydrogen-bond acceptors (Lipinski definition) is 4. The summed E-state index contributed by atoms with van der Waals surface area (Å²) in [7, 11) is 0. The molecule has 0 saturated carbocycles. The monoisotopic (exact) mass is 318 g/mol. The number of thiophene rings is 1. The Bertz CT molecular complexity index is 768. The average Bonchev–Trinajstić information content (AvgIpc) is 3.00. The minimum absolute atomic E-state index is 0.0176. The van der Waals surface area contributed by atoms with Gasteiger partial charge in [-0.05, 0) is 37.0 Å². The van der Waals surface area contributed by atoms with Gasteiger partial charge in [0.25, 0.3) is 5.91 Å². The zero-order valence-electron chi connectivity index (χ0n) is 12.8. The molecule has 3 rings (SSSR count). The van der Waals surface area contributed by atoms with Crippen LogP contribution in [0.15, 0.2) is 12.3 Å². The van der Waals surface area contributed by atoms with E-state index in [-0.39, 0.29) is 18.4 Å². The molecular weight excluding hydrogens is 300 g/mol. The molecule has 1 amide bonds. The van der Waals surface area contributed by atoms with E-state index in [9.17, 15) is 14.7 Å². The van der Waals surface area contributed by atoms with Gasteiger partial charge in [-0.2, -0.15) is 0 Å². The maximum atomic E-state index is 12.8. The fourth-order valence-corrected chi connectivity index (χ4v) is 4.35. The van der Waals surface area contributed by atoms with Gasteiger partial charge in [-0.1, -0.05) is 6.92 Å². The Balaban J connectivity index is 1.95. The van der Waals surface area contributed by atoms with E-state index < -0.39 is 11.9 Å². The summed E-state index contributed by atoms with van der Waals surface area (Å²) in [6.45, 7) is 6.62. The van der Waals surface area contributed by atoms with Gasteiger partial charge in [-0.15, -0.1) is 11.3 Å². The molecule has 1 aliphatic heterocycles. The number of nitrogens with zero attached hydrogens (tertiary/aromatic N) is 2. The van der Waals surface area contributed by atoms with Crippen LogP contribution in [0, 0.1) is 25.7 Å². The highest BCUT2D eigenvalue weighted by molar-refractivity contribution is 7.20. The maximum Gasteiger partial charge on any atom is 0.308 e. The summed E-state index contributed by atoms with van der Waals surface area (Å²) < 4.78 is 0. The second-order valence-corrected chi connectivity index (χ2v) is 7.00. The van der Waals surface area contributed by atoms with Crippen LogP contribution in [0.1, 0.15) is 27.7 Å². The van der Waals surface area contributed by atoms with Gasteiger partial charge in [0, 0.05) is 24.7 Å². The lowest BCUT2D eigenvalue weighted by Crippen LogP contribution is -2.29. The number of aliphatic carboxylic acids is 1. The van der Waals surface area contributed by atoms with Crippen molar-refractivity contribution >= 4 is 33.4 Å². The number of fused-ring (bicyclic) bond motifs is 1. The Labute approximate surface area is 132 Å². The zero-order chi connectivity index (χ0) is 16.0. The van der Waals surface area contributed by atoms with Crippen molar-refractivity contribution in [3.63, 3.8) is 0 Å². The lowest BCUT2D eigenvalue weighted by atomic mass is 9.99. The molecule has 2 aromatic heterocycles. The Kier molecular flexibility index (Phi) is 3.64. The van der Waals surface area contributed by atoms with Gasteiger partial charge in [-0.3, -0.25) is 9.59 Å². The van der Waals surface area contributed by atoms with Crippen molar-refractivity contribution in [3.8, 4) is 0 Å². The fourth-order valence-electron chi connectivity index (χ4n) is 3.16. The number of rotatable bonds is 2. The van der Waals surface area contributed by atoms with E-state index >= 15 is 0 Å². The first-order valence-corrected chi connectivity index (χ1v) is 8.08. The summed E-state index contributed by atoms with van der Waals surface area (Å²) >= 11 is 1.39. The van der Waals surface area contributed by atoms with Crippen molar-refractivity contribution < 1.29 is 14.7 Å². The number of amides is 1. The molecule has 6 heteroatoms. The summed E-state index contributed by atoms with van der Waals surface area (Å²) in [4.78, 5) is 31.5. The molecule has 22 heavy (non-hydrogen) atoms. The van der Waals surface area contributed by atoms with Crippen LogP contribution in [-0.2, 0) is 4.79 Å². The first-order chi connectivity index (χ1) is 10.4. The van der Waals surface area contributed by atoms with Gasteiger partial charge in [0.1, 0.15) is 4.83 Å². The van der Waals surface area contributed by atoms with Gasteiger partial charge >= 0.3 is 5.97 Å². The van der Waals surface area contributed by atoms with E-state index in [1.54, 1.807) is 11.1 Å². The van der Waals surface area contributed by atoms with E-state index in [2.05, 4.69) is 4.98 Å². The Hall–Kier alpha value is -1.95. The SMILES string of the molecule is Cc1ccnc2sc(C(=O)N3C[C@@H](C)[C@H](C(=O)O)C3)c(C)c12. The van der Waals surface area contributed by atoms with Crippen molar-refractivity contribution in [1.29, 1.82) is 0 Å². The third-order valence-electron chi connectivity index (χ3n) is 4.45. The number of aryl methyl sites for hydroxylation is 2. The second kappa shape index (κ2) is 5.35. The molecule has 0 spiro atoms. The van der Waals surface area contributed by atoms with Crippen LogP contribution in [0.2, 0.25) is 0 Å². The molecule has 1 aliphatic rings. The van der Waals surface area contributed by atoms with Crippen LogP contribution in [0.5, 0.6) is 0 Å². The van der Waals surface area contributed by atoms with E-state index in [0.29, 0.717) is 11.4 Å². The van der Waals surface area contributed by atoms with E-state index in [4.69, 9.17) is 0 Å². The third kappa shape index (κ3) is 2.27. The Morgan fingerprint density at radius 2 is 2.09 bits per heavy atom. The summed E-state index contributed by atoms with van der Waals surface area (Å²) in [5.41, 5.74) is 2.05. The molecule has 1 saturated heterocycles. The summed E-state index contributed by atoms with van der Waals surface area (Å²) in [5, 5.41) is 10.3. The molecular formula is C16H18N2O3S. The van der Waals surface area contributed by atoms with Gasteiger partial charge in [0.15, 0.2) is 0 Å². The maximum absolute atomic E-state index is 12.8. The second-order valence-electron chi connectivity index (χ2n) is 6.00. The van der Waals surface area contributed by atoms with Crippen LogP contribution in [0.25, 0.3) is 10.2 Å². The number of likely N-dealkylation sites (tertiary alicyclic amines) is 1. The van der Waals surface area contributed by atoms with Crippen molar-refractivity contribution in [2.75, 3.05) is 13.1 Å².